The molecule has 1 fully saturated rings. The Labute approximate surface area is 224 Å². The van der Waals surface area contributed by atoms with Gasteiger partial charge in [0.05, 0.1) is 35.4 Å². The first-order chi connectivity index (χ1) is 18.0. The summed E-state index contributed by atoms with van der Waals surface area (Å²) in [6.45, 7) is 7.39. The highest BCUT2D eigenvalue weighted by Gasteiger charge is 2.15. The number of anilines is 2. The summed E-state index contributed by atoms with van der Waals surface area (Å²) in [6.07, 6.45) is 1.68. The number of hydrogen-bond acceptors (Lipinski definition) is 9. The van der Waals surface area contributed by atoms with Crippen molar-refractivity contribution in [1.29, 1.82) is 0 Å². The maximum Gasteiger partial charge on any atom is 0.226 e. The number of aryl methyl sites for hydroxylation is 1. The summed E-state index contributed by atoms with van der Waals surface area (Å²) < 4.78 is 13.6. The van der Waals surface area contributed by atoms with Crippen LogP contribution in [-0.4, -0.2) is 81.7 Å². The molecule has 1 aliphatic rings. The summed E-state index contributed by atoms with van der Waals surface area (Å²) >= 11 is 12.0. The predicted molar refractivity (Wildman–Crippen MR) is 146 cm³/mol. The van der Waals surface area contributed by atoms with Crippen LogP contribution in [0.25, 0.3) is 16.7 Å². The largest absolute Gasteiger partial charge is 0.491 e. The number of aromatic nitrogens is 6. The fourth-order valence-electron chi connectivity index (χ4n) is 3.85. The van der Waals surface area contributed by atoms with E-state index >= 15 is 0 Å². The highest BCUT2D eigenvalue weighted by molar-refractivity contribution is 6.33. The third kappa shape index (κ3) is 6.34. The first-order valence-electron chi connectivity index (χ1n) is 11.8. The van der Waals surface area contributed by atoms with Crippen LogP contribution in [0.2, 0.25) is 5.02 Å². The lowest BCUT2D eigenvalue weighted by Crippen LogP contribution is -2.43. The summed E-state index contributed by atoms with van der Waals surface area (Å²) in [5.41, 5.74) is 8.21. The van der Waals surface area contributed by atoms with Gasteiger partial charge in [0.25, 0.3) is 0 Å². The molecule has 196 valence electrons. The van der Waals surface area contributed by atoms with Gasteiger partial charge in [-0.3, -0.25) is 0 Å². The lowest BCUT2D eigenvalue weighted by Gasteiger charge is -2.30. The van der Waals surface area contributed by atoms with Gasteiger partial charge in [-0.1, -0.05) is 17.5 Å². The Balaban J connectivity index is 0.000000173. The van der Waals surface area contributed by atoms with Crippen LogP contribution in [0.15, 0.2) is 24.4 Å². The van der Waals surface area contributed by atoms with E-state index in [1.165, 1.54) is 4.52 Å². The molecule has 0 amide bonds. The summed E-state index contributed by atoms with van der Waals surface area (Å²) in [4.78, 5) is 10.9. The molecule has 0 radical (unpaired) electrons. The van der Waals surface area contributed by atoms with Gasteiger partial charge in [-0.25, -0.2) is 4.68 Å². The number of fused-ring (bicyclic) bond motifs is 3. The van der Waals surface area contributed by atoms with Crippen molar-refractivity contribution in [2.24, 2.45) is 0 Å². The quantitative estimate of drug-likeness (QED) is 0.205. The molecule has 13 heteroatoms. The number of benzene rings is 1. The topological polar surface area (TPSA) is 121 Å². The Kier molecular flexibility index (Phi) is 9.24. The minimum atomic E-state index is 0.246. The van der Waals surface area contributed by atoms with E-state index < -0.39 is 0 Å². The monoisotopic (exact) mass is 545 g/mol. The van der Waals surface area contributed by atoms with Crippen LogP contribution >= 0.6 is 23.2 Å². The average molecular weight is 546 g/mol. The van der Waals surface area contributed by atoms with Crippen molar-refractivity contribution >= 4 is 51.5 Å². The van der Waals surface area contributed by atoms with Crippen molar-refractivity contribution in [3.63, 3.8) is 0 Å². The summed E-state index contributed by atoms with van der Waals surface area (Å²) in [5, 5.41) is 13.3. The van der Waals surface area contributed by atoms with Gasteiger partial charge in [-0.15, -0.1) is 16.7 Å². The van der Waals surface area contributed by atoms with E-state index in [4.69, 9.17) is 38.4 Å². The SMILES string of the molecule is CC#Cc1nc2c3cnn(CCCl)c3nc(N)n2n1.COCCOc1ccc(N2CCNCC2)c(Cl)c1. The van der Waals surface area contributed by atoms with E-state index in [1.807, 2.05) is 18.2 Å². The Morgan fingerprint density at radius 1 is 1.16 bits per heavy atom. The van der Waals surface area contributed by atoms with E-state index in [1.54, 1.807) is 24.9 Å². The first-order valence-corrected chi connectivity index (χ1v) is 12.7. The van der Waals surface area contributed by atoms with E-state index in [2.05, 4.69) is 42.2 Å². The molecule has 0 bridgehead atoms. The number of hydrogen-bond donors (Lipinski definition) is 2. The zero-order valence-corrected chi connectivity index (χ0v) is 22.3. The number of nitrogens with two attached hydrogens (primary N) is 1. The van der Waals surface area contributed by atoms with Gasteiger partial charge in [0, 0.05) is 45.2 Å². The number of nitrogens with zero attached hydrogens (tertiary/aromatic N) is 7. The standard InChI is InChI=1S/C13H19ClN2O2.C11H10ClN7/c1-17-8-9-18-11-2-3-13(12(14)10-11)16-6-4-15-5-7-16;1-2-3-8-15-10-7-6-14-18(5-4-12)9(7)16-11(13)19(10)17-8/h2-3,10,15H,4-9H2,1H3;6H,4-5H2,1H3,(H2,13,16). The van der Waals surface area contributed by atoms with Crippen molar-refractivity contribution in [1.82, 2.24) is 34.7 Å². The molecule has 1 aliphatic heterocycles. The third-order valence-electron chi connectivity index (χ3n) is 5.56. The summed E-state index contributed by atoms with van der Waals surface area (Å²) in [7, 11) is 1.66. The van der Waals surface area contributed by atoms with Crippen molar-refractivity contribution in [2.45, 2.75) is 13.5 Å². The van der Waals surface area contributed by atoms with Crippen LogP contribution < -0.4 is 20.7 Å². The number of nitrogens with one attached hydrogen (secondary N) is 1. The smallest absolute Gasteiger partial charge is 0.226 e. The van der Waals surface area contributed by atoms with Gasteiger partial charge in [0.1, 0.15) is 12.4 Å². The van der Waals surface area contributed by atoms with Gasteiger partial charge in [-0.05, 0) is 25.0 Å². The maximum absolute atomic E-state index is 6.30. The zero-order valence-electron chi connectivity index (χ0n) is 20.7. The number of piperazine rings is 1. The molecular formula is C24H29Cl2N9O2. The molecule has 4 heterocycles. The van der Waals surface area contributed by atoms with Gasteiger partial charge >= 0.3 is 0 Å². The predicted octanol–water partition coefficient (Wildman–Crippen LogP) is 2.44. The third-order valence-corrected chi connectivity index (χ3v) is 6.04. The molecular weight excluding hydrogens is 517 g/mol. The number of ether oxygens (including phenoxy) is 2. The van der Waals surface area contributed by atoms with Crippen molar-refractivity contribution < 1.29 is 9.47 Å². The van der Waals surface area contributed by atoms with Crippen LogP contribution in [0, 0.1) is 11.8 Å². The van der Waals surface area contributed by atoms with E-state index in [-0.39, 0.29) is 5.95 Å². The van der Waals surface area contributed by atoms with Gasteiger partial charge < -0.3 is 25.4 Å². The van der Waals surface area contributed by atoms with Gasteiger partial charge in [0.2, 0.25) is 11.8 Å². The summed E-state index contributed by atoms with van der Waals surface area (Å²) in [5.74, 6) is 7.44. The van der Waals surface area contributed by atoms with Crippen LogP contribution in [0.4, 0.5) is 11.6 Å². The molecule has 0 atom stereocenters. The van der Waals surface area contributed by atoms with Gasteiger partial charge in [0.15, 0.2) is 11.3 Å². The molecule has 5 rings (SSSR count). The molecule has 0 unspecified atom stereocenters. The first kappa shape index (κ1) is 26.8. The lowest BCUT2D eigenvalue weighted by atomic mass is 10.2. The summed E-state index contributed by atoms with van der Waals surface area (Å²) in [6, 6.07) is 5.85. The normalized spacial score (nSPS) is 13.2. The molecule has 11 nitrogen and oxygen atoms in total. The van der Waals surface area contributed by atoms with Crippen molar-refractivity contribution in [2.75, 3.05) is 63.0 Å². The number of alkyl halides is 1. The highest BCUT2D eigenvalue weighted by atomic mass is 35.5. The average Bonchev–Trinajstić information content (AvgIpc) is 3.50. The number of nitrogen functional groups attached to an aromatic ring is 1. The van der Waals surface area contributed by atoms with Crippen molar-refractivity contribution in [3.05, 3.63) is 35.2 Å². The molecule has 0 aliphatic carbocycles. The molecule has 37 heavy (non-hydrogen) atoms. The number of methoxy groups -OCH3 is 1. The fourth-order valence-corrected chi connectivity index (χ4v) is 4.30. The second-order valence-corrected chi connectivity index (χ2v) is 8.79. The molecule has 4 aromatic rings. The van der Waals surface area contributed by atoms with Gasteiger partial charge in [-0.2, -0.15) is 19.6 Å². The molecule has 3 aromatic heterocycles. The minimum Gasteiger partial charge on any atom is -0.491 e. The minimum absolute atomic E-state index is 0.246. The second kappa shape index (κ2) is 12.8. The Morgan fingerprint density at radius 2 is 1.97 bits per heavy atom. The maximum atomic E-state index is 6.30. The number of halogens is 2. The highest BCUT2D eigenvalue weighted by Crippen LogP contribution is 2.30. The molecule has 3 N–H and O–H groups in total. The van der Waals surface area contributed by atoms with Crippen LogP contribution in [-0.2, 0) is 11.3 Å². The second-order valence-electron chi connectivity index (χ2n) is 8.00. The molecule has 0 spiro atoms. The molecule has 1 aromatic carbocycles. The van der Waals surface area contributed by atoms with E-state index in [0.29, 0.717) is 42.8 Å². The van der Waals surface area contributed by atoms with Crippen LogP contribution in [0.1, 0.15) is 12.7 Å². The lowest BCUT2D eigenvalue weighted by molar-refractivity contribution is 0.146. The Bertz CT molecular complexity index is 1400. The van der Waals surface area contributed by atoms with Crippen molar-refractivity contribution in [3.8, 4) is 17.6 Å². The molecule has 1 saturated heterocycles. The van der Waals surface area contributed by atoms with Crippen LogP contribution in [0.5, 0.6) is 5.75 Å². The van der Waals surface area contributed by atoms with Crippen LogP contribution in [0.3, 0.4) is 0 Å². The van der Waals surface area contributed by atoms with E-state index in [9.17, 15) is 0 Å². The van der Waals surface area contributed by atoms with E-state index in [0.717, 1.165) is 48.0 Å². The Morgan fingerprint density at radius 3 is 2.68 bits per heavy atom. The fraction of sp³-hybridized carbons (Fsp3) is 0.417. The zero-order chi connectivity index (χ0) is 26.2. The molecule has 0 saturated carbocycles. The Hall–Kier alpha value is -3.30. The number of rotatable bonds is 7.